The highest BCUT2D eigenvalue weighted by molar-refractivity contribution is 5.94. The molecule has 0 bridgehead atoms. The highest BCUT2D eigenvalue weighted by Gasteiger charge is 2.28. The van der Waals surface area contributed by atoms with Gasteiger partial charge in [-0.15, -0.1) is 0 Å². The molecule has 1 aromatic heterocycles. The first-order valence-electron chi connectivity index (χ1n) is 11.4. The molecule has 1 amide bonds. The normalized spacial score (nSPS) is 20.4. The number of aliphatic imine (C=N–C) groups is 1. The van der Waals surface area contributed by atoms with Crippen LogP contribution in [0.1, 0.15) is 62.5 Å². The summed E-state index contributed by atoms with van der Waals surface area (Å²) >= 11 is 0. The minimum atomic E-state index is -0.0275. The Hall–Kier alpha value is -2.83. The molecule has 168 valence electrons. The summed E-state index contributed by atoms with van der Waals surface area (Å²) in [6, 6.07) is 8.31. The van der Waals surface area contributed by atoms with Gasteiger partial charge >= 0.3 is 0 Å². The largest absolute Gasteiger partial charge is 0.357 e. The molecule has 0 saturated carbocycles. The van der Waals surface area contributed by atoms with Gasteiger partial charge in [-0.1, -0.05) is 26.0 Å². The Bertz CT molecular complexity index is 863. The summed E-state index contributed by atoms with van der Waals surface area (Å²) in [5, 5.41) is 6.48. The van der Waals surface area contributed by atoms with Crippen molar-refractivity contribution in [2.45, 2.75) is 59.2 Å². The Morgan fingerprint density at radius 1 is 1.35 bits per heavy atom. The zero-order valence-corrected chi connectivity index (χ0v) is 19.2. The molecule has 7 heteroatoms. The molecule has 0 aliphatic carbocycles. The molecule has 2 aromatic rings. The topological polar surface area (TPSA) is 74.6 Å². The van der Waals surface area contributed by atoms with Gasteiger partial charge in [-0.25, -0.2) is 9.98 Å². The van der Waals surface area contributed by atoms with Gasteiger partial charge in [-0.2, -0.15) is 0 Å². The van der Waals surface area contributed by atoms with Gasteiger partial charge in [0.1, 0.15) is 0 Å². The van der Waals surface area contributed by atoms with E-state index in [1.54, 1.807) is 0 Å². The van der Waals surface area contributed by atoms with Crippen LogP contribution in [0.3, 0.4) is 0 Å². The van der Waals surface area contributed by atoms with Crippen LogP contribution in [0.15, 0.2) is 48.0 Å². The minimum absolute atomic E-state index is 0.0275. The van der Waals surface area contributed by atoms with E-state index in [9.17, 15) is 4.79 Å². The van der Waals surface area contributed by atoms with Gasteiger partial charge in [0.25, 0.3) is 5.91 Å². The molecule has 1 aliphatic rings. The molecule has 1 aliphatic heterocycles. The van der Waals surface area contributed by atoms with Gasteiger partial charge in [0, 0.05) is 43.6 Å². The maximum absolute atomic E-state index is 12.5. The van der Waals surface area contributed by atoms with Crippen LogP contribution in [0.5, 0.6) is 0 Å². The molecule has 1 saturated heterocycles. The summed E-state index contributed by atoms with van der Waals surface area (Å²) in [4.78, 5) is 23.9. The third kappa shape index (κ3) is 6.09. The van der Waals surface area contributed by atoms with Crippen LogP contribution in [-0.2, 0) is 6.54 Å². The molecule has 2 heterocycles. The molecule has 3 rings (SSSR count). The molecule has 0 spiro atoms. The summed E-state index contributed by atoms with van der Waals surface area (Å²) in [5.74, 6) is 1.49. The van der Waals surface area contributed by atoms with Crippen molar-refractivity contribution in [3.63, 3.8) is 0 Å². The number of rotatable bonds is 7. The fraction of sp³-hybridized carbons (Fsp3) is 0.542. The quantitative estimate of drug-likeness (QED) is 0.527. The van der Waals surface area contributed by atoms with Crippen molar-refractivity contribution < 1.29 is 4.79 Å². The SMILES string of the molecule is CCNC(=NCc1cccc(C(=O)NC(C)CC)c1)N1CCC(C)C(n2ccnc2)C1. The standard InChI is InChI=1S/C24H36N6O/c1-5-19(4)28-23(31)21-9-7-8-20(14-21)15-27-24(26-6-2)29-12-10-18(3)22(16-29)30-13-11-25-17-30/h7-9,11,13-14,17-19,22H,5-6,10,12,15-16H2,1-4H3,(H,26,27)(H,28,31). The second kappa shape index (κ2) is 11.0. The molecule has 1 aromatic carbocycles. The average molecular weight is 425 g/mol. The summed E-state index contributed by atoms with van der Waals surface area (Å²) in [5.41, 5.74) is 1.72. The highest BCUT2D eigenvalue weighted by atomic mass is 16.1. The lowest BCUT2D eigenvalue weighted by molar-refractivity contribution is 0.0939. The predicted molar refractivity (Wildman–Crippen MR) is 125 cm³/mol. The molecule has 0 radical (unpaired) electrons. The summed E-state index contributed by atoms with van der Waals surface area (Å²) in [6.45, 7) is 11.7. The lowest BCUT2D eigenvalue weighted by Gasteiger charge is -2.39. The summed E-state index contributed by atoms with van der Waals surface area (Å²) in [7, 11) is 0. The summed E-state index contributed by atoms with van der Waals surface area (Å²) < 4.78 is 2.21. The van der Waals surface area contributed by atoms with Gasteiger partial charge in [-0.05, 0) is 50.3 Å². The Morgan fingerprint density at radius 3 is 2.90 bits per heavy atom. The number of likely N-dealkylation sites (tertiary alicyclic amines) is 1. The molecule has 1 fully saturated rings. The molecular weight excluding hydrogens is 388 g/mol. The van der Waals surface area contributed by atoms with E-state index in [1.165, 1.54) is 0 Å². The Morgan fingerprint density at radius 2 is 2.19 bits per heavy atom. The lowest BCUT2D eigenvalue weighted by Crippen LogP contribution is -2.49. The van der Waals surface area contributed by atoms with Crippen molar-refractivity contribution in [2.75, 3.05) is 19.6 Å². The fourth-order valence-corrected chi connectivity index (χ4v) is 3.91. The maximum Gasteiger partial charge on any atom is 0.251 e. The monoisotopic (exact) mass is 424 g/mol. The van der Waals surface area contributed by atoms with Crippen molar-refractivity contribution in [1.82, 2.24) is 25.1 Å². The lowest BCUT2D eigenvalue weighted by atomic mass is 9.93. The predicted octanol–water partition coefficient (Wildman–Crippen LogP) is 3.46. The van der Waals surface area contributed by atoms with E-state index < -0.39 is 0 Å². The van der Waals surface area contributed by atoms with E-state index in [0.29, 0.717) is 24.1 Å². The molecule has 2 N–H and O–H groups in total. The van der Waals surface area contributed by atoms with E-state index in [4.69, 9.17) is 4.99 Å². The number of nitrogens with zero attached hydrogens (tertiary/aromatic N) is 4. The zero-order valence-electron chi connectivity index (χ0n) is 19.2. The van der Waals surface area contributed by atoms with Gasteiger partial charge < -0.3 is 20.1 Å². The first-order chi connectivity index (χ1) is 15.0. The number of hydrogen-bond acceptors (Lipinski definition) is 3. The van der Waals surface area contributed by atoms with Crippen LogP contribution in [0.4, 0.5) is 0 Å². The number of aromatic nitrogens is 2. The number of guanidine groups is 1. The van der Waals surface area contributed by atoms with E-state index >= 15 is 0 Å². The summed E-state index contributed by atoms with van der Waals surface area (Å²) in [6.07, 6.45) is 7.82. The Labute approximate surface area is 186 Å². The number of hydrogen-bond donors (Lipinski definition) is 2. The number of nitrogens with one attached hydrogen (secondary N) is 2. The smallest absolute Gasteiger partial charge is 0.251 e. The molecular formula is C24H36N6O. The third-order valence-electron chi connectivity index (χ3n) is 6.05. The van der Waals surface area contributed by atoms with Crippen LogP contribution in [0, 0.1) is 5.92 Å². The molecule has 3 unspecified atom stereocenters. The second-order valence-electron chi connectivity index (χ2n) is 8.44. The van der Waals surface area contributed by atoms with E-state index in [1.807, 2.05) is 49.9 Å². The number of amides is 1. The molecule has 7 nitrogen and oxygen atoms in total. The van der Waals surface area contributed by atoms with Crippen LogP contribution in [0.25, 0.3) is 0 Å². The van der Waals surface area contributed by atoms with Crippen molar-refractivity contribution in [1.29, 1.82) is 0 Å². The first kappa shape index (κ1) is 22.8. The van der Waals surface area contributed by atoms with Crippen LogP contribution >= 0.6 is 0 Å². The number of carbonyl (C=O) groups excluding carboxylic acids is 1. The number of carbonyl (C=O) groups is 1. The molecule has 3 atom stereocenters. The van der Waals surface area contributed by atoms with Crippen LogP contribution in [0.2, 0.25) is 0 Å². The minimum Gasteiger partial charge on any atom is -0.357 e. The Kier molecular flexibility index (Phi) is 8.09. The van der Waals surface area contributed by atoms with Crippen molar-refractivity contribution in [2.24, 2.45) is 10.9 Å². The number of piperidine rings is 1. The third-order valence-corrected chi connectivity index (χ3v) is 6.05. The highest BCUT2D eigenvalue weighted by Crippen LogP contribution is 2.27. The van der Waals surface area contributed by atoms with Gasteiger partial charge in [-0.3, -0.25) is 4.79 Å². The van der Waals surface area contributed by atoms with Crippen molar-refractivity contribution in [3.05, 3.63) is 54.1 Å². The molecule has 31 heavy (non-hydrogen) atoms. The Balaban J connectivity index is 1.71. The van der Waals surface area contributed by atoms with E-state index in [2.05, 4.69) is 45.9 Å². The zero-order chi connectivity index (χ0) is 22.2. The van der Waals surface area contributed by atoms with Crippen molar-refractivity contribution >= 4 is 11.9 Å². The number of imidazole rings is 1. The van der Waals surface area contributed by atoms with Crippen molar-refractivity contribution in [3.8, 4) is 0 Å². The second-order valence-corrected chi connectivity index (χ2v) is 8.44. The number of benzene rings is 1. The fourth-order valence-electron chi connectivity index (χ4n) is 3.91. The maximum atomic E-state index is 12.5. The van der Waals surface area contributed by atoms with Gasteiger partial charge in [0.15, 0.2) is 5.96 Å². The van der Waals surface area contributed by atoms with Gasteiger partial charge in [0.2, 0.25) is 0 Å². The van der Waals surface area contributed by atoms with Gasteiger partial charge in [0.05, 0.1) is 18.9 Å². The average Bonchev–Trinajstić information content (AvgIpc) is 3.32. The first-order valence-corrected chi connectivity index (χ1v) is 11.4. The van der Waals surface area contributed by atoms with E-state index in [0.717, 1.165) is 44.0 Å². The van der Waals surface area contributed by atoms with Crippen LogP contribution < -0.4 is 10.6 Å². The van der Waals surface area contributed by atoms with E-state index in [-0.39, 0.29) is 11.9 Å². The van der Waals surface area contributed by atoms with Crippen LogP contribution in [-0.4, -0.2) is 52.0 Å².